The third-order valence-electron chi connectivity index (χ3n) is 6.87. The average Bonchev–Trinajstić information content (AvgIpc) is 3.37. The Kier molecular flexibility index (Phi) is 6.55. The van der Waals surface area contributed by atoms with Gasteiger partial charge in [-0.15, -0.1) is 21.5 Å². The van der Waals surface area contributed by atoms with Crippen LogP contribution in [0.5, 0.6) is 5.75 Å². The lowest BCUT2D eigenvalue weighted by Crippen LogP contribution is -2.21. The second kappa shape index (κ2) is 9.82. The molecule has 0 saturated heterocycles. The zero-order chi connectivity index (χ0) is 26.3. The number of anilines is 1. The number of nitrogens with one attached hydrogen (secondary N) is 1. The number of hydrogen-bond acceptors (Lipinski definition) is 7. The number of hydrogen-bond donors (Lipinski definition) is 2. The monoisotopic (exact) mass is 515 g/mol. The van der Waals surface area contributed by atoms with Gasteiger partial charge in [-0.2, -0.15) is 0 Å². The molecule has 0 spiro atoms. The third kappa shape index (κ3) is 4.51. The summed E-state index contributed by atoms with van der Waals surface area (Å²) in [5.41, 5.74) is 5.97. The molecule has 37 heavy (non-hydrogen) atoms. The van der Waals surface area contributed by atoms with Gasteiger partial charge in [-0.25, -0.2) is 0 Å². The number of aliphatic imine (C=N–C) groups is 1. The quantitative estimate of drug-likeness (QED) is 0.338. The number of carboxylic acids is 1. The Bertz CT molecular complexity index is 1490. The fourth-order valence-electron chi connectivity index (χ4n) is 4.51. The molecule has 5 rings (SSSR count). The number of aromatic nitrogens is 3. The molecule has 1 aliphatic rings. The normalized spacial score (nSPS) is 15.3. The molecule has 2 N–H and O–H groups in total. The van der Waals surface area contributed by atoms with E-state index in [1.54, 1.807) is 25.4 Å². The summed E-state index contributed by atoms with van der Waals surface area (Å²) in [5, 5.41) is 22.9. The number of carboxylic acid groups (broad SMARTS) is 1. The molecule has 3 heterocycles. The summed E-state index contributed by atoms with van der Waals surface area (Å²) >= 11 is 1.66. The third-order valence-corrected chi connectivity index (χ3v) is 8.06. The minimum Gasteiger partial charge on any atom is -0.497 e. The Morgan fingerprint density at radius 1 is 1.11 bits per heavy atom. The number of thiophene rings is 1. The SMILES string of the molecule is COc1ccc(CNc2ccc(C3=NC([C@H](C)C(=O)O)c4nnc(C)n4-c4sc(C)c(C)c43)cc2)cc1. The highest BCUT2D eigenvalue weighted by molar-refractivity contribution is 7.15. The van der Waals surface area contributed by atoms with Gasteiger partial charge < -0.3 is 15.2 Å². The molecular formula is C28H29N5O3S. The first kappa shape index (κ1) is 24.7. The van der Waals surface area contributed by atoms with Crippen molar-refractivity contribution in [2.24, 2.45) is 10.9 Å². The van der Waals surface area contributed by atoms with Crippen molar-refractivity contribution >= 4 is 28.7 Å². The van der Waals surface area contributed by atoms with E-state index in [1.807, 2.05) is 60.0 Å². The summed E-state index contributed by atoms with van der Waals surface area (Å²) in [5.74, 6) is 0.422. The molecule has 4 aromatic rings. The van der Waals surface area contributed by atoms with Crippen molar-refractivity contribution in [2.75, 3.05) is 12.4 Å². The van der Waals surface area contributed by atoms with E-state index in [0.29, 0.717) is 12.4 Å². The molecule has 9 heteroatoms. The van der Waals surface area contributed by atoms with Crippen LogP contribution in [0.25, 0.3) is 5.00 Å². The Labute approximate surface area is 219 Å². The molecule has 2 aromatic carbocycles. The van der Waals surface area contributed by atoms with E-state index in [1.165, 1.54) is 4.88 Å². The maximum atomic E-state index is 12.0. The number of fused-ring (bicyclic) bond motifs is 3. The van der Waals surface area contributed by atoms with Crippen molar-refractivity contribution in [1.29, 1.82) is 0 Å². The molecule has 1 unspecified atom stereocenters. The Morgan fingerprint density at radius 3 is 2.46 bits per heavy atom. The van der Waals surface area contributed by atoms with Crippen LogP contribution in [0.15, 0.2) is 53.5 Å². The Hall–Kier alpha value is -3.98. The molecule has 0 saturated carbocycles. The first-order valence-electron chi connectivity index (χ1n) is 12.1. The largest absolute Gasteiger partial charge is 0.497 e. The van der Waals surface area contributed by atoms with Gasteiger partial charge in [-0.3, -0.25) is 14.4 Å². The summed E-state index contributed by atoms with van der Waals surface area (Å²) in [4.78, 5) is 18.3. The molecule has 0 bridgehead atoms. The molecule has 2 atom stereocenters. The van der Waals surface area contributed by atoms with E-state index in [9.17, 15) is 9.90 Å². The maximum Gasteiger partial charge on any atom is 0.308 e. The molecule has 2 aromatic heterocycles. The standard InChI is InChI=1S/C28H29N5O3S/c1-15-17(3)37-27-23(15)25(30-24(16(2)28(34)35)26-32-31-18(4)33(26)27)20-8-10-21(11-9-20)29-14-19-6-12-22(36-5)13-7-19/h6-13,16,24,29H,14H2,1-5H3,(H,34,35)/t16-,24?/m0/s1. The molecule has 0 fully saturated rings. The minimum atomic E-state index is -0.920. The minimum absolute atomic E-state index is 0.558. The van der Waals surface area contributed by atoms with Gasteiger partial charge in [0.1, 0.15) is 22.6 Å². The number of benzene rings is 2. The lowest BCUT2D eigenvalue weighted by atomic mass is 9.98. The molecule has 8 nitrogen and oxygen atoms in total. The van der Waals surface area contributed by atoms with Crippen LogP contribution in [0.2, 0.25) is 0 Å². The van der Waals surface area contributed by atoms with E-state index in [4.69, 9.17) is 9.73 Å². The highest BCUT2D eigenvalue weighted by Gasteiger charge is 2.36. The number of carbonyl (C=O) groups is 1. The van der Waals surface area contributed by atoms with Crippen molar-refractivity contribution in [1.82, 2.24) is 14.8 Å². The predicted molar refractivity (Wildman–Crippen MR) is 145 cm³/mol. The lowest BCUT2D eigenvalue weighted by molar-refractivity contribution is -0.141. The smallest absolute Gasteiger partial charge is 0.308 e. The zero-order valence-electron chi connectivity index (χ0n) is 21.4. The second-order valence-corrected chi connectivity index (χ2v) is 10.4. The number of rotatable bonds is 7. The fourth-order valence-corrected chi connectivity index (χ4v) is 5.72. The topological polar surface area (TPSA) is 102 Å². The van der Waals surface area contributed by atoms with Crippen LogP contribution < -0.4 is 10.1 Å². The van der Waals surface area contributed by atoms with Gasteiger partial charge >= 0.3 is 5.97 Å². The van der Waals surface area contributed by atoms with Crippen molar-refractivity contribution in [3.63, 3.8) is 0 Å². The van der Waals surface area contributed by atoms with E-state index in [-0.39, 0.29) is 0 Å². The van der Waals surface area contributed by atoms with Gasteiger partial charge in [0, 0.05) is 28.2 Å². The molecule has 0 aliphatic carbocycles. The van der Waals surface area contributed by atoms with Crippen molar-refractivity contribution < 1.29 is 14.6 Å². The highest BCUT2D eigenvalue weighted by Crippen LogP contribution is 2.40. The van der Waals surface area contributed by atoms with Crippen LogP contribution in [0.4, 0.5) is 5.69 Å². The molecule has 190 valence electrons. The van der Waals surface area contributed by atoms with E-state index in [2.05, 4.69) is 29.4 Å². The molecule has 0 radical (unpaired) electrons. The Balaban J connectivity index is 1.52. The van der Waals surface area contributed by atoms with Gasteiger partial charge in [0.05, 0.1) is 18.7 Å². The van der Waals surface area contributed by atoms with Gasteiger partial charge in [0.25, 0.3) is 0 Å². The van der Waals surface area contributed by atoms with Crippen LogP contribution in [0, 0.1) is 26.7 Å². The summed E-state index contributed by atoms with van der Waals surface area (Å²) < 4.78 is 7.21. The molecular weight excluding hydrogens is 486 g/mol. The first-order chi connectivity index (χ1) is 17.8. The van der Waals surface area contributed by atoms with Gasteiger partial charge in [-0.05, 0) is 63.1 Å². The van der Waals surface area contributed by atoms with E-state index >= 15 is 0 Å². The van der Waals surface area contributed by atoms with Crippen LogP contribution in [-0.4, -0.2) is 38.7 Å². The Morgan fingerprint density at radius 2 is 1.81 bits per heavy atom. The van der Waals surface area contributed by atoms with Crippen LogP contribution in [0.3, 0.4) is 0 Å². The van der Waals surface area contributed by atoms with Crippen LogP contribution >= 0.6 is 11.3 Å². The second-order valence-electron chi connectivity index (χ2n) is 9.23. The van der Waals surface area contributed by atoms with Crippen molar-refractivity contribution in [2.45, 2.75) is 40.3 Å². The van der Waals surface area contributed by atoms with Crippen molar-refractivity contribution in [3.8, 4) is 10.8 Å². The number of aryl methyl sites for hydroxylation is 2. The van der Waals surface area contributed by atoms with Gasteiger partial charge in [0.15, 0.2) is 5.82 Å². The summed E-state index contributed by atoms with van der Waals surface area (Å²) in [6.45, 7) is 8.43. The van der Waals surface area contributed by atoms with Gasteiger partial charge in [-0.1, -0.05) is 24.3 Å². The maximum absolute atomic E-state index is 12.0. The van der Waals surface area contributed by atoms with Crippen molar-refractivity contribution in [3.05, 3.63) is 87.3 Å². The van der Waals surface area contributed by atoms with Crippen LogP contribution in [-0.2, 0) is 11.3 Å². The number of aliphatic carboxylic acids is 1. The summed E-state index contributed by atoms with van der Waals surface area (Å²) in [7, 11) is 1.66. The number of nitrogens with zero attached hydrogens (tertiary/aromatic N) is 4. The van der Waals surface area contributed by atoms with E-state index < -0.39 is 17.9 Å². The molecule has 1 aliphatic heterocycles. The zero-order valence-corrected chi connectivity index (χ0v) is 22.3. The average molecular weight is 516 g/mol. The summed E-state index contributed by atoms with van der Waals surface area (Å²) in [6.07, 6.45) is 0. The first-order valence-corrected chi connectivity index (χ1v) is 12.9. The van der Waals surface area contributed by atoms with E-state index in [0.717, 1.165) is 50.2 Å². The fraction of sp³-hybridized carbons (Fsp3) is 0.286. The summed E-state index contributed by atoms with van der Waals surface area (Å²) in [6, 6.07) is 15.4. The predicted octanol–water partition coefficient (Wildman–Crippen LogP) is 5.49. The molecule has 0 amide bonds. The lowest BCUT2D eigenvalue weighted by Gasteiger charge is -2.16. The van der Waals surface area contributed by atoms with Gasteiger partial charge in [0.2, 0.25) is 0 Å². The number of ether oxygens (including phenoxy) is 1. The highest BCUT2D eigenvalue weighted by atomic mass is 32.1. The van der Waals surface area contributed by atoms with Crippen LogP contribution in [0.1, 0.15) is 51.7 Å². The number of methoxy groups -OCH3 is 1.